The van der Waals surface area contributed by atoms with E-state index in [9.17, 15) is 0 Å². The highest BCUT2D eigenvalue weighted by atomic mass is 15.2. The number of amidine groups is 1. The fourth-order valence-electron chi connectivity index (χ4n) is 2.85. The summed E-state index contributed by atoms with van der Waals surface area (Å²) in [7, 11) is 0. The summed E-state index contributed by atoms with van der Waals surface area (Å²) in [5.41, 5.74) is 7.20. The lowest BCUT2D eigenvalue weighted by Crippen LogP contribution is -2.35. The van der Waals surface area contributed by atoms with Crippen LogP contribution in [0.2, 0.25) is 0 Å². The van der Waals surface area contributed by atoms with Crippen molar-refractivity contribution in [2.75, 3.05) is 11.4 Å². The minimum Gasteiger partial charge on any atom is -0.382 e. The third kappa shape index (κ3) is 3.71. The molecule has 0 unspecified atom stereocenters. The average Bonchev–Trinajstić information content (AvgIpc) is 2.93. The number of anilines is 1. The minimum atomic E-state index is 0.0335. The second-order valence-corrected chi connectivity index (χ2v) is 6.13. The molecule has 1 aromatic rings. The molecule has 0 bridgehead atoms. The second-order valence-electron chi connectivity index (χ2n) is 6.13. The monoisotopic (exact) mass is 274 g/mol. The van der Waals surface area contributed by atoms with Gasteiger partial charge in [0.2, 0.25) is 0 Å². The SMILES string of the molecule is CC(C)CCN(c1ccc(C(=N)N)nc1)C1CCCC1. The number of hydrogen-bond acceptors (Lipinski definition) is 3. The van der Waals surface area contributed by atoms with E-state index in [1.54, 1.807) is 0 Å². The number of hydrogen-bond donors (Lipinski definition) is 2. The van der Waals surface area contributed by atoms with Crippen LogP contribution in [0.3, 0.4) is 0 Å². The highest BCUT2D eigenvalue weighted by Gasteiger charge is 2.23. The van der Waals surface area contributed by atoms with Gasteiger partial charge in [-0.2, -0.15) is 0 Å². The van der Waals surface area contributed by atoms with E-state index in [4.69, 9.17) is 11.1 Å². The number of aromatic nitrogens is 1. The Labute approximate surface area is 121 Å². The molecule has 4 nitrogen and oxygen atoms in total. The van der Waals surface area contributed by atoms with E-state index in [0.29, 0.717) is 17.7 Å². The van der Waals surface area contributed by atoms with Crippen molar-refractivity contribution in [3.63, 3.8) is 0 Å². The summed E-state index contributed by atoms with van der Waals surface area (Å²) in [6.07, 6.45) is 8.31. The third-order valence-corrected chi connectivity index (χ3v) is 4.07. The summed E-state index contributed by atoms with van der Waals surface area (Å²) in [5, 5.41) is 7.42. The fourth-order valence-corrected chi connectivity index (χ4v) is 2.85. The molecule has 0 aromatic carbocycles. The van der Waals surface area contributed by atoms with Crippen molar-refractivity contribution in [3.8, 4) is 0 Å². The van der Waals surface area contributed by atoms with Crippen LogP contribution in [0.15, 0.2) is 18.3 Å². The molecule has 110 valence electrons. The molecular formula is C16H26N4. The zero-order valence-electron chi connectivity index (χ0n) is 12.6. The first-order valence-corrected chi connectivity index (χ1v) is 7.65. The third-order valence-electron chi connectivity index (χ3n) is 4.07. The van der Waals surface area contributed by atoms with Gasteiger partial charge >= 0.3 is 0 Å². The van der Waals surface area contributed by atoms with Crippen LogP contribution in [0.1, 0.15) is 51.6 Å². The van der Waals surface area contributed by atoms with Crippen LogP contribution in [-0.2, 0) is 0 Å². The molecule has 0 saturated heterocycles. The van der Waals surface area contributed by atoms with Crippen molar-refractivity contribution in [1.29, 1.82) is 5.41 Å². The van der Waals surface area contributed by atoms with E-state index < -0.39 is 0 Å². The van der Waals surface area contributed by atoms with Gasteiger partial charge in [0, 0.05) is 12.6 Å². The Morgan fingerprint density at radius 3 is 2.60 bits per heavy atom. The molecule has 0 amide bonds. The smallest absolute Gasteiger partial charge is 0.141 e. The van der Waals surface area contributed by atoms with E-state index in [1.807, 2.05) is 12.3 Å². The van der Waals surface area contributed by atoms with Gasteiger partial charge in [-0.25, -0.2) is 0 Å². The van der Waals surface area contributed by atoms with Gasteiger partial charge in [0.15, 0.2) is 0 Å². The summed E-state index contributed by atoms with van der Waals surface area (Å²) < 4.78 is 0. The van der Waals surface area contributed by atoms with Crippen LogP contribution < -0.4 is 10.6 Å². The summed E-state index contributed by atoms with van der Waals surface area (Å²) in [5.74, 6) is 0.745. The number of rotatable bonds is 6. The minimum absolute atomic E-state index is 0.0335. The molecule has 1 aliphatic rings. The maximum Gasteiger partial charge on any atom is 0.141 e. The second kappa shape index (κ2) is 6.73. The molecule has 1 aromatic heterocycles. The first-order chi connectivity index (χ1) is 9.58. The molecule has 1 aliphatic carbocycles. The molecule has 1 heterocycles. The van der Waals surface area contributed by atoms with E-state index >= 15 is 0 Å². The zero-order valence-corrected chi connectivity index (χ0v) is 12.6. The quantitative estimate of drug-likeness (QED) is 0.618. The Kier molecular flexibility index (Phi) is 4.99. The van der Waals surface area contributed by atoms with Crippen molar-refractivity contribution in [3.05, 3.63) is 24.0 Å². The molecule has 4 heteroatoms. The standard InChI is InChI=1S/C16H26N4/c1-12(2)9-10-20(13-5-3-4-6-13)14-7-8-15(16(17)18)19-11-14/h7-8,11-13H,3-6,9-10H2,1-2H3,(H3,17,18). The molecule has 0 aliphatic heterocycles. The van der Waals surface area contributed by atoms with Gasteiger partial charge in [-0.3, -0.25) is 10.4 Å². The van der Waals surface area contributed by atoms with Crippen LogP contribution in [0, 0.1) is 11.3 Å². The Morgan fingerprint density at radius 1 is 1.40 bits per heavy atom. The van der Waals surface area contributed by atoms with Crippen LogP contribution >= 0.6 is 0 Å². The number of nitrogen functional groups attached to an aromatic ring is 1. The molecule has 0 spiro atoms. The predicted molar refractivity (Wildman–Crippen MR) is 84.3 cm³/mol. The highest BCUT2D eigenvalue weighted by Crippen LogP contribution is 2.28. The molecule has 3 N–H and O–H groups in total. The number of pyridine rings is 1. The van der Waals surface area contributed by atoms with E-state index in [-0.39, 0.29) is 5.84 Å². The van der Waals surface area contributed by atoms with Gasteiger partial charge in [-0.1, -0.05) is 26.7 Å². The topological polar surface area (TPSA) is 66.0 Å². The summed E-state index contributed by atoms with van der Waals surface area (Å²) in [6, 6.07) is 4.57. The molecule has 1 saturated carbocycles. The highest BCUT2D eigenvalue weighted by molar-refractivity contribution is 5.93. The first-order valence-electron chi connectivity index (χ1n) is 7.65. The molecule has 0 atom stereocenters. The zero-order chi connectivity index (χ0) is 14.5. The summed E-state index contributed by atoms with van der Waals surface area (Å²) in [6.45, 7) is 5.62. The average molecular weight is 274 g/mol. The normalized spacial score (nSPS) is 15.8. The largest absolute Gasteiger partial charge is 0.382 e. The molecule has 0 radical (unpaired) electrons. The predicted octanol–water partition coefficient (Wildman–Crippen LogP) is 3.16. The molecular weight excluding hydrogens is 248 g/mol. The van der Waals surface area contributed by atoms with Crippen molar-refractivity contribution in [2.45, 2.75) is 52.0 Å². The van der Waals surface area contributed by atoms with Crippen LogP contribution in [-0.4, -0.2) is 23.4 Å². The van der Waals surface area contributed by atoms with Gasteiger partial charge < -0.3 is 10.6 Å². The number of nitrogens with zero attached hydrogens (tertiary/aromatic N) is 2. The lowest BCUT2D eigenvalue weighted by molar-refractivity contribution is 0.528. The Balaban J connectivity index is 2.13. The number of nitrogens with two attached hydrogens (primary N) is 1. The van der Waals surface area contributed by atoms with E-state index in [2.05, 4.69) is 29.8 Å². The Hall–Kier alpha value is -1.58. The van der Waals surface area contributed by atoms with E-state index in [1.165, 1.54) is 37.8 Å². The summed E-state index contributed by atoms with van der Waals surface area (Å²) in [4.78, 5) is 6.81. The Morgan fingerprint density at radius 2 is 2.10 bits per heavy atom. The lowest BCUT2D eigenvalue weighted by atomic mass is 10.1. The van der Waals surface area contributed by atoms with Gasteiger partial charge in [0.25, 0.3) is 0 Å². The molecule has 1 fully saturated rings. The van der Waals surface area contributed by atoms with Gasteiger partial charge in [-0.15, -0.1) is 0 Å². The van der Waals surface area contributed by atoms with Gasteiger partial charge in [0.1, 0.15) is 11.5 Å². The summed E-state index contributed by atoms with van der Waals surface area (Å²) >= 11 is 0. The lowest BCUT2D eigenvalue weighted by Gasteiger charge is -2.31. The van der Waals surface area contributed by atoms with E-state index in [0.717, 1.165) is 6.54 Å². The number of nitrogens with one attached hydrogen (secondary N) is 1. The van der Waals surface area contributed by atoms with Gasteiger partial charge in [0.05, 0.1) is 11.9 Å². The molecule has 20 heavy (non-hydrogen) atoms. The van der Waals surface area contributed by atoms with Crippen molar-refractivity contribution in [2.24, 2.45) is 11.7 Å². The van der Waals surface area contributed by atoms with Gasteiger partial charge in [-0.05, 0) is 37.3 Å². The van der Waals surface area contributed by atoms with Crippen molar-refractivity contribution in [1.82, 2.24) is 4.98 Å². The fraction of sp³-hybridized carbons (Fsp3) is 0.625. The van der Waals surface area contributed by atoms with Crippen LogP contribution in [0.5, 0.6) is 0 Å². The van der Waals surface area contributed by atoms with Crippen LogP contribution in [0.25, 0.3) is 0 Å². The Bertz CT molecular complexity index is 432. The van der Waals surface area contributed by atoms with Crippen molar-refractivity contribution < 1.29 is 0 Å². The van der Waals surface area contributed by atoms with Crippen LogP contribution in [0.4, 0.5) is 5.69 Å². The van der Waals surface area contributed by atoms with Crippen molar-refractivity contribution >= 4 is 11.5 Å². The first kappa shape index (κ1) is 14.8. The maximum absolute atomic E-state index is 7.42. The molecule has 2 rings (SSSR count). The maximum atomic E-state index is 7.42.